The highest BCUT2D eigenvalue weighted by Crippen LogP contribution is 2.29. The number of hydrogen-bond acceptors (Lipinski definition) is 4. The van der Waals surface area contributed by atoms with Gasteiger partial charge in [-0.1, -0.05) is 29.8 Å². The summed E-state index contributed by atoms with van der Waals surface area (Å²) >= 11 is 1.35. The molecule has 1 saturated heterocycles. The number of piperidine rings is 1. The Hall–Kier alpha value is -2.14. The number of likely N-dealkylation sites (tertiary alicyclic amines) is 1. The Morgan fingerprint density at radius 3 is 2.42 bits per heavy atom. The van der Waals surface area contributed by atoms with Crippen LogP contribution >= 0.6 is 11.3 Å². The van der Waals surface area contributed by atoms with Crippen molar-refractivity contribution in [2.75, 3.05) is 6.61 Å². The van der Waals surface area contributed by atoms with E-state index in [1.165, 1.54) is 16.9 Å². The van der Waals surface area contributed by atoms with Crippen molar-refractivity contribution in [2.24, 2.45) is 0 Å². The van der Waals surface area contributed by atoms with Gasteiger partial charge in [0.25, 0.3) is 5.91 Å². The van der Waals surface area contributed by atoms with E-state index < -0.39 is 5.97 Å². The topological polar surface area (TPSA) is 46.6 Å². The molecule has 3 rings (SSSR count). The van der Waals surface area contributed by atoms with Crippen LogP contribution in [0.5, 0.6) is 0 Å². The fraction of sp³-hybridized carbons (Fsp3) is 0.429. The van der Waals surface area contributed by atoms with E-state index in [2.05, 4.69) is 13.8 Å². The van der Waals surface area contributed by atoms with Gasteiger partial charge >= 0.3 is 5.97 Å². The number of thiophene rings is 1. The molecule has 0 unspecified atom stereocenters. The quantitative estimate of drug-likeness (QED) is 0.734. The van der Waals surface area contributed by atoms with Crippen LogP contribution in [0.3, 0.4) is 0 Å². The largest absolute Gasteiger partial charge is 0.451 e. The number of aryl methyl sites for hydroxylation is 1. The highest BCUT2D eigenvalue weighted by molar-refractivity contribution is 7.12. The summed E-state index contributed by atoms with van der Waals surface area (Å²) in [5.41, 5.74) is 3.00. The van der Waals surface area contributed by atoms with Crippen LogP contribution in [0.15, 0.2) is 35.7 Å². The van der Waals surface area contributed by atoms with Crippen LogP contribution in [-0.4, -0.2) is 35.5 Å². The van der Waals surface area contributed by atoms with Crippen molar-refractivity contribution in [3.05, 3.63) is 46.2 Å². The van der Waals surface area contributed by atoms with Gasteiger partial charge in [-0.2, -0.15) is 0 Å². The van der Waals surface area contributed by atoms with Gasteiger partial charge in [0.15, 0.2) is 6.61 Å². The monoisotopic (exact) mass is 371 g/mol. The molecule has 0 saturated carbocycles. The Balaban J connectivity index is 1.67. The molecule has 0 bridgehead atoms. The minimum Gasteiger partial charge on any atom is -0.451 e. The van der Waals surface area contributed by atoms with Crippen molar-refractivity contribution in [3.8, 4) is 11.1 Å². The van der Waals surface area contributed by atoms with Crippen molar-refractivity contribution in [2.45, 2.75) is 52.1 Å². The van der Waals surface area contributed by atoms with E-state index in [1.54, 1.807) is 0 Å². The summed E-state index contributed by atoms with van der Waals surface area (Å²) in [5.74, 6) is -0.535. The maximum absolute atomic E-state index is 12.5. The summed E-state index contributed by atoms with van der Waals surface area (Å²) < 4.78 is 5.36. The van der Waals surface area contributed by atoms with Gasteiger partial charge in [-0.15, -0.1) is 11.3 Å². The summed E-state index contributed by atoms with van der Waals surface area (Å²) in [6.45, 7) is 5.95. The number of carbonyl (C=O) groups excluding carboxylic acids is 2. The lowest BCUT2D eigenvalue weighted by atomic mass is 9.97. The molecule has 1 aliphatic heterocycles. The van der Waals surface area contributed by atoms with Crippen molar-refractivity contribution in [3.63, 3.8) is 0 Å². The lowest BCUT2D eigenvalue weighted by Gasteiger charge is -2.38. The summed E-state index contributed by atoms with van der Waals surface area (Å²) in [5, 5.41) is 1.88. The Labute approximate surface area is 158 Å². The molecule has 1 aromatic heterocycles. The van der Waals surface area contributed by atoms with Crippen LogP contribution in [0.4, 0.5) is 0 Å². The standard InChI is InChI=1S/C21H25NO3S/c1-14-7-9-17(10-8-14)18-11-12-26-20(18)21(24)25-13-19(23)22-15(2)5-4-6-16(22)3/h7-12,15-16H,4-6,13H2,1-3H3/t15-,16+. The van der Waals surface area contributed by atoms with E-state index in [0.29, 0.717) is 4.88 Å². The fourth-order valence-corrected chi connectivity index (χ4v) is 4.42. The zero-order valence-electron chi connectivity index (χ0n) is 15.5. The van der Waals surface area contributed by atoms with Gasteiger partial charge in [0, 0.05) is 17.6 Å². The van der Waals surface area contributed by atoms with E-state index in [1.807, 2.05) is 47.5 Å². The molecule has 0 N–H and O–H groups in total. The molecule has 2 heterocycles. The number of ether oxygens (including phenoxy) is 1. The molecular weight excluding hydrogens is 346 g/mol. The van der Waals surface area contributed by atoms with Crippen LogP contribution < -0.4 is 0 Å². The molecule has 26 heavy (non-hydrogen) atoms. The highest BCUT2D eigenvalue weighted by atomic mass is 32.1. The van der Waals surface area contributed by atoms with E-state index in [-0.39, 0.29) is 24.6 Å². The van der Waals surface area contributed by atoms with Crippen molar-refractivity contribution < 1.29 is 14.3 Å². The van der Waals surface area contributed by atoms with Gasteiger partial charge in [-0.25, -0.2) is 4.79 Å². The number of carbonyl (C=O) groups is 2. The van der Waals surface area contributed by atoms with Gasteiger partial charge in [-0.3, -0.25) is 4.79 Å². The average molecular weight is 372 g/mol. The third-order valence-corrected chi connectivity index (χ3v) is 5.92. The second-order valence-corrected chi connectivity index (χ2v) is 7.95. The van der Waals surface area contributed by atoms with E-state index in [4.69, 9.17) is 4.74 Å². The van der Waals surface area contributed by atoms with Crippen molar-refractivity contribution >= 4 is 23.2 Å². The van der Waals surface area contributed by atoms with Crippen molar-refractivity contribution in [1.82, 2.24) is 4.90 Å². The molecule has 1 aliphatic rings. The molecule has 2 atom stereocenters. The maximum atomic E-state index is 12.5. The molecule has 1 aromatic carbocycles. The molecular formula is C21H25NO3S. The lowest BCUT2D eigenvalue weighted by molar-refractivity contribution is -0.140. The second kappa shape index (κ2) is 8.04. The Bertz CT molecular complexity index is 771. The average Bonchev–Trinajstić information content (AvgIpc) is 3.10. The Morgan fingerprint density at radius 1 is 1.12 bits per heavy atom. The SMILES string of the molecule is Cc1ccc(-c2ccsc2C(=O)OCC(=O)N2[C@H](C)CCC[C@@H]2C)cc1. The van der Waals surface area contributed by atoms with Gasteiger partial charge < -0.3 is 9.64 Å². The number of benzene rings is 1. The van der Waals surface area contributed by atoms with Gasteiger partial charge in [0.1, 0.15) is 4.88 Å². The first kappa shape index (κ1) is 18.6. The number of hydrogen-bond donors (Lipinski definition) is 0. The fourth-order valence-electron chi connectivity index (χ4n) is 3.61. The van der Waals surface area contributed by atoms with E-state index >= 15 is 0 Å². The number of esters is 1. The highest BCUT2D eigenvalue weighted by Gasteiger charge is 2.29. The molecule has 5 heteroatoms. The van der Waals surface area contributed by atoms with Crippen LogP contribution in [0, 0.1) is 6.92 Å². The Kier molecular flexibility index (Phi) is 5.77. The molecule has 2 aromatic rings. The van der Waals surface area contributed by atoms with Crippen LogP contribution in [0.1, 0.15) is 48.3 Å². The van der Waals surface area contributed by atoms with Gasteiger partial charge in [0.2, 0.25) is 0 Å². The lowest BCUT2D eigenvalue weighted by Crippen LogP contribution is -2.49. The van der Waals surface area contributed by atoms with E-state index in [9.17, 15) is 9.59 Å². The van der Waals surface area contributed by atoms with Crippen molar-refractivity contribution in [1.29, 1.82) is 0 Å². The van der Waals surface area contributed by atoms with Crippen LogP contribution in [0.25, 0.3) is 11.1 Å². The minimum atomic E-state index is -0.429. The predicted octanol–water partition coefficient (Wildman–Crippen LogP) is 4.67. The number of rotatable bonds is 4. The van der Waals surface area contributed by atoms with Gasteiger partial charge in [0.05, 0.1) is 0 Å². The molecule has 0 aliphatic carbocycles. The first-order valence-electron chi connectivity index (χ1n) is 9.10. The summed E-state index contributed by atoms with van der Waals surface area (Å²) in [6.07, 6.45) is 3.15. The Morgan fingerprint density at radius 2 is 1.77 bits per heavy atom. The van der Waals surface area contributed by atoms with E-state index in [0.717, 1.165) is 30.4 Å². The minimum absolute atomic E-state index is 0.105. The molecule has 0 radical (unpaired) electrons. The zero-order valence-corrected chi connectivity index (χ0v) is 16.3. The first-order chi connectivity index (χ1) is 12.5. The smallest absolute Gasteiger partial charge is 0.349 e. The molecule has 4 nitrogen and oxygen atoms in total. The molecule has 0 spiro atoms. The molecule has 1 amide bonds. The third kappa shape index (κ3) is 3.98. The number of amides is 1. The maximum Gasteiger partial charge on any atom is 0.349 e. The second-order valence-electron chi connectivity index (χ2n) is 7.04. The summed E-state index contributed by atoms with van der Waals surface area (Å²) in [7, 11) is 0. The summed E-state index contributed by atoms with van der Waals surface area (Å²) in [6, 6.07) is 10.4. The van der Waals surface area contributed by atoms with Crippen LogP contribution in [-0.2, 0) is 9.53 Å². The molecule has 1 fully saturated rings. The first-order valence-corrected chi connectivity index (χ1v) is 9.98. The van der Waals surface area contributed by atoms with Crippen LogP contribution in [0.2, 0.25) is 0 Å². The van der Waals surface area contributed by atoms with Gasteiger partial charge in [-0.05, 0) is 57.0 Å². The number of nitrogens with zero attached hydrogens (tertiary/aromatic N) is 1. The summed E-state index contributed by atoms with van der Waals surface area (Å²) in [4.78, 5) is 27.5. The molecule has 138 valence electrons. The third-order valence-electron chi connectivity index (χ3n) is 5.02. The normalized spacial score (nSPS) is 20.0. The zero-order chi connectivity index (χ0) is 18.7. The predicted molar refractivity (Wildman–Crippen MR) is 104 cm³/mol.